The quantitative estimate of drug-likeness (QED) is 0.411. The molecule has 2 N–H and O–H groups in total. The third kappa shape index (κ3) is 3.40. The Morgan fingerprint density at radius 1 is 0.969 bits per heavy atom. The summed E-state index contributed by atoms with van der Waals surface area (Å²) >= 11 is 5.35. The van der Waals surface area contributed by atoms with Gasteiger partial charge in [-0.25, -0.2) is 4.99 Å². The minimum absolute atomic E-state index is 0.120. The van der Waals surface area contributed by atoms with Crippen molar-refractivity contribution in [3.63, 3.8) is 0 Å². The highest BCUT2D eigenvalue weighted by molar-refractivity contribution is 7.71. The lowest BCUT2D eigenvalue weighted by Crippen LogP contribution is -2.16. The van der Waals surface area contributed by atoms with Crippen molar-refractivity contribution in [3.8, 4) is 11.6 Å². The summed E-state index contributed by atoms with van der Waals surface area (Å²) < 4.78 is 1.59. The van der Waals surface area contributed by atoms with Crippen LogP contribution in [0.4, 0.5) is 5.69 Å². The van der Waals surface area contributed by atoms with Gasteiger partial charge >= 0.3 is 0 Å². The fourth-order valence-electron chi connectivity index (χ4n) is 3.82. The van der Waals surface area contributed by atoms with E-state index >= 15 is 0 Å². The van der Waals surface area contributed by atoms with Crippen LogP contribution in [0.25, 0.3) is 17.3 Å². The van der Waals surface area contributed by atoms with E-state index in [2.05, 4.69) is 4.98 Å². The van der Waals surface area contributed by atoms with Crippen molar-refractivity contribution in [2.24, 2.45) is 4.99 Å². The molecule has 1 aliphatic rings. The predicted octanol–water partition coefficient (Wildman–Crippen LogP) is 5.58. The Hall–Kier alpha value is -4.03. The number of aliphatic imine (C=N–C) groups is 1. The molecule has 4 aromatic rings. The van der Waals surface area contributed by atoms with Crippen LogP contribution in [0.3, 0.4) is 0 Å². The zero-order chi connectivity index (χ0) is 22.2. The van der Waals surface area contributed by atoms with Crippen LogP contribution in [0.5, 0.6) is 5.88 Å². The molecule has 5 rings (SSSR count). The van der Waals surface area contributed by atoms with Gasteiger partial charge in [0.1, 0.15) is 5.56 Å². The van der Waals surface area contributed by atoms with E-state index in [-0.39, 0.29) is 16.2 Å². The number of H-pyrrole nitrogens is 1. The second-order valence-corrected chi connectivity index (χ2v) is 7.96. The summed E-state index contributed by atoms with van der Waals surface area (Å²) in [7, 11) is 0. The lowest BCUT2D eigenvalue weighted by molar-refractivity contribution is 0.432. The SMILES string of the molecule is Cc1ccc(-n2c(O)c(/C=C3\C(c4ccccc4)=Nc4ccccc43)c(=O)[nH]c2=S)cc1. The number of nitrogens with one attached hydrogen (secondary N) is 1. The summed E-state index contributed by atoms with van der Waals surface area (Å²) in [6.07, 6.45) is 1.69. The zero-order valence-electron chi connectivity index (χ0n) is 17.2. The van der Waals surface area contributed by atoms with Gasteiger partial charge in [0.25, 0.3) is 5.56 Å². The number of nitrogens with zero attached hydrogens (tertiary/aromatic N) is 2. The smallest absolute Gasteiger partial charge is 0.262 e. The first kappa shape index (κ1) is 19.9. The molecule has 0 spiro atoms. The molecule has 2 heterocycles. The molecule has 1 aromatic heterocycles. The van der Waals surface area contributed by atoms with E-state index in [1.165, 1.54) is 4.57 Å². The number of allylic oxidation sites excluding steroid dienone is 1. The van der Waals surface area contributed by atoms with Crippen LogP contribution in [0, 0.1) is 11.7 Å². The highest BCUT2D eigenvalue weighted by Gasteiger charge is 2.23. The van der Waals surface area contributed by atoms with Gasteiger partial charge in [-0.05, 0) is 43.4 Å². The van der Waals surface area contributed by atoms with Crippen molar-refractivity contribution in [2.75, 3.05) is 0 Å². The average molecular weight is 438 g/mol. The second kappa shape index (κ2) is 7.90. The second-order valence-electron chi connectivity index (χ2n) is 7.57. The number of benzene rings is 3. The third-order valence-electron chi connectivity index (χ3n) is 5.43. The summed E-state index contributed by atoms with van der Waals surface area (Å²) in [6, 6.07) is 25.1. The maximum atomic E-state index is 12.9. The van der Waals surface area contributed by atoms with Crippen LogP contribution in [0.1, 0.15) is 22.3 Å². The van der Waals surface area contributed by atoms with Gasteiger partial charge in [0.05, 0.1) is 17.1 Å². The molecule has 0 unspecified atom stereocenters. The Morgan fingerprint density at radius 3 is 2.41 bits per heavy atom. The van der Waals surface area contributed by atoms with Gasteiger partial charge in [-0.2, -0.15) is 0 Å². The fraction of sp³-hybridized carbons (Fsp3) is 0.0385. The Bertz CT molecular complexity index is 1510. The Balaban J connectivity index is 1.74. The van der Waals surface area contributed by atoms with Crippen molar-refractivity contribution in [1.82, 2.24) is 9.55 Å². The van der Waals surface area contributed by atoms with Crippen LogP contribution in [-0.2, 0) is 0 Å². The molecule has 0 bridgehead atoms. The molecule has 5 nitrogen and oxygen atoms in total. The van der Waals surface area contributed by atoms with E-state index in [0.29, 0.717) is 5.69 Å². The van der Waals surface area contributed by atoms with Gasteiger partial charge in [-0.1, -0.05) is 66.2 Å². The summed E-state index contributed by atoms with van der Waals surface area (Å²) in [4.78, 5) is 20.3. The first-order valence-electron chi connectivity index (χ1n) is 10.1. The summed E-state index contributed by atoms with van der Waals surface area (Å²) in [5.74, 6) is -0.216. The fourth-order valence-corrected chi connectivity index (χ4v) is 4.10. The number of aryl methyl sites for hydroxylation is 1. The van der Waals surface area contributed by atoms with Crippen LogP contribution >= 0.6 is 12.2 Å². The molecule has 0 saturated heterocycles. The topological polar surface area (TPSA) is 70.4 Å². The summed E-state index contributed by atoms with van der Waals surface area (Å²) in [5, 5.41) is 11.1. The molecule has 6 heteroatoms. The summed E-state index contributed by atoms with van der Waals surface area (Å²) in [5.41, 5.74) is 5.56. The molecule has 0 aliphatic carbocycles. The van der Waals surface area contributed by atoms with Gasteiger partial charge in [0.15, 0.2) is 4.77 Å². The van der Waals surface area contributed by atoms with Gasteiger partial charge < -0.3 is 5.11 Å². The Morgan fingerprint density at radius 2 is 1.66 bits per heavy atom. The van der Waals surface area contributed by atoms with Crippen molar-refractivity contribution in [1.29, 1.82) is 0 Å². The molecular weight excluding hydrogens is 418 g/mol. The standard InChI is InChI=1S/C26H19N3O2S/c1-16-11-13-18(14-12-16)29-25(31)21(24(30)28-26(29)32)15-20-19-9-5-6-10-22(19)27-23(20)17-7-3-2-4-8-17/h2-15,31H,1H3,(H,28,30,32)/b20-15-. The lowest BCUT2D eigenvalue weighted by Gasteiger charge is -2.13. The molecule has 0 atom stereocenters. The van der Waals surface area contributed by atoms with Crippen molar-refractivity contribution >= 4 is 35.3 Å². The number of para-hydroxylation sites is 1. The Kier molecular flexibility index (Phi) is 4.92. The molecule has 156 valence electrons. The third-order valence-corrected chi connectivity index (χ3v) is 5.72. The molecule has 0 fully saturated rings. The monoisotopic (exact) mass is 437 g/mol. The molecular formula is C26H19N3O2S. The molecule has 0 radical (unpaired) electrons. The van der Waals surface area contributed by atoms with Crippen molar-refractivity contribution in [3.05, 3.63) is 116 Å². The van der Waals surface area contributed by atoms with E-state index in [4.69, 9.17) is 17.2 Å². The normalized spacial score (nSPS) is 13.8. The number of hydrogen-bond donors (Lipinski definition) is 2. The largest absolute Gasteiger partial charge is 0.494 e. The number of hydrogen-bond acceptors (Lipinski definition) is 4. The Labute approximate surface area is 189 Å². The van der Waals surface area contributed by atoms with Crippen molar-refractivity contribution < 1.29 is 5.11 Å². The van der Waals surface area contributed by atoms with E-state index in [1.54, 1.807) is 6.08 Å². The van der Waals surface area contributed by atoms with E-state index in [0.717, 1.165) is 33.7 Å². The predicted molar refractivity (Wildman–Crippen MR) is 131 cm³/mol. The summed E-state index contributed by atoms with van der Waals surface area (Å²) in [6.45, 7) is 1.98. The molecule has 32 heavy (non-hydrogen) atoms. The maximum absolute atomic E-state index is 12.9. The number of fused-ring (bicyclic) bond motifs is 1. The number of aromatic amines is 1. The van der Waals surface area contributed by atoms with E-state index in [9.17, 15) is 9.90 Å². The van der Waals surface area contributed by atoms with Gasteiger partial charge in [0, 0.05) is 16.7 Å². The van der Waals surface area contributed by atoms with Gasteiger partial charge in [-0.15, -0.1) is 0 Å². The molecule has 0 saturated carbocycles. The maximum Gasteiger partial charge on any atom is 0.262 e. The first-order chi connectivity index (χ1) is 15.5. The number of rotatable bonds is 3. The first-order valence-corrected chi connectivity index (χ1v) is 10.5. The molecule has 0 amide bonds. The average Bonchev–Trinajstić information content (AvgIpc) is 3.17. The minimum atomic E-state index is -0.458. The highest BCUT2D eigenvalue weighted by Crippen LogP contribution is 2.38. The van der Waals surface area contributed by atoms with E-state index < -0.39 is 5.56 Å². The number of aromatic nitrogens is 2. The molecule has 3 aromatic carbocycles. The number of aromatic hydroxyl groups is 1. The van der Waals surface area contributed by atoms with Gasteiger partial charge in [-0.3, -0.25) is 14.3 Å². The molecule has 1 aliphatic heterocycles. The van der Waals surface area contributed by atoms with Crippen LogP contribution in [-0.4, -0.2) is 20.4 Å². The lowest BCUT2D eigenvalue weighted by atomic mass is 9.96. The van der Waals surface area contributed by atoms with Crippen LogP contribution in [0.2, 0.25) is 0 Å². The van der Waals surface area contributed by atoms with E-state index in [1.807, 2.05) is 85.8 Å². The zero-order valence-corrected chi connectivity index (χ0v) is 18.1. The minimum Gasteiger partial charge on any atom is -0.494 e. The highest BCUT2D eigenvalue weighted by atomic mass is 32.1. The van der Waals surface area contributed by atoms with Crippen LogP contribution in [0.15, 0.2) is 88.6 Å². The van der Waals surface area contributed by atoms with Crippen molar-refractivity contribution in [2.45, 2.75) is 6.92 Å². The van der Waals surface area contributed by atoms with Gasteiger partial charge in [0.2, 0.25) is 5.88 Å². The van der Waals surface area contributed by atoms with Crippen LogP contribution < -0.4 is 5.56 Å².